The molecule has 1 aliphatic rings. The van der Waals surface area contributed by atoms with E-state index in [2.05, 4.69) is 0 Å². The molecule has 36 heavy (non-hydrogen) atoms. The number of aliphatic hydroxyl groups excluding tert-OH is 1. The Balaban J connectivity index is 1.81. The summed E-state index contributed by atoms with van der Waals surface area (Å²) >= 11 is 0. The van der Waals surface area contributed by atoms with Gasteiger partial charge in [0.15, 0.2) is 0 Å². The first-order chi connectivity index (χ1) is 17.5. The SMILES string of the molecule is CCOc1ccc(/C(O)=C2\C(=O)C(=O)N(Cc3ccccc3OC)C2c2ccc(OCC)cc2)cc1. The fourth-order valence-electron chi connectivity index (χ4n) is 4.35. The highest BCUT2D eigenvalue weighted by Gasteiger charge is 2.46. The van der Waals surface area contributed by atoms with Crippen molar-refractivity contribution in [3.8, 4) is 17.2 Å². The molecule has 1 amide bonds. The molecule has 4 rings (SSSR count). The van der Waals surface area contributed by atoms with E-state index < -0.39 is 17.7 Å². The van der Waals surface area contributed by atoms with Gasteiger partial charge in [0.2, 0.25) is 0 Å². The number of aliphatic hydroxyl groups is 1. The predicted molar refractivity (Wildman–Crippen MR) is 136 cm³/mol. The van der Waals surface area contributed by atoms with Crippen molar-refractivity contribution in [3.05, 3.63) is 95.1 Å². The Morgan fingerprint density at radius 1 is 0.861 bits per heavy atom. The number of ether oxygens (including phenoxy) is 3. The summed E-state index contributed by atoms with van der Waals surface area (Å²) in [5.41, 5.74) is 1.88. The summed E-state index contributed by atoms with van der Waals surface area (Å²) in [6, 6.07) is 20.5. The molecule has 1 saturated heterocycles. The quantitative estimate of drug-likeness (QED) is 0.256. The topological polar surface area (TPSA) is 85.3 Å². The molecule has 1 heterocycles. The molecule has 1 fully saturated rings. The second kappa shape index (κ2) is 11.0. The molecule has 0 saturated carbocycles. The number of nitrogens with zero attached hydrogens (tertiary/aromatic N) is 1. The number of para-hydroxylation sites is 1. The summed E-state index contributed by atoms with van der Waals surface area (Å²) in [5, 5.41) is 11.3. The van der Waals surface area contributed by atoms with E-state index in [1.54, 1.807) is 49.6 Å². The number of methoxy groups -OCH3 is 1. The second-order valence-electron chi connectivity index (χ2n) is 8.20. The molecule has 7 heteroatoms. The number of amides is 1. The predicted octanol–water partition coefficient (Wildman–Crippen LogP) is 5.11. The summed E-state index contributed by atoms with van der Waals surface area (Å²) in [6.45, 7) is 4.94. The van der Waals surface area contributed by atoms with Crippen LogP contribution in [0.25, 0.3) is 5.76 Å². The Labute approximate surface area is 210 Å². The van der Waals surface area contributed by atoms with Crippen LogP contribution in [0.4, 0.5) is 0 Å². The van der Waals surface area contributed by atoms with Gasteiger partial charge in [-0.25, -0.2) is 0 Å². The van der Waals surface area contributed by atoms with Crippen molar-refractivity contribution in [1.29, 1.82) is 0 Å². The lowest BCUT2D eigenvalue weighted by molar-refractivity contribution is -0.140. The van der Waals surface area contributed by atoms with Gasteiger partial charge in [0.05, 0.1) is 38.5 Å². The zero-order valence-electron chi connectivity index (χ0n) is 20.6. The van der Waals surface area contributed by atoms with Gasteiger partial charge in [-0.2, -0.15) is 0 Å². The van der Waals surface area contributed by atoms with Crippen LogP contribution in [-0.2, 0) is 16.1 Å². The molecule has 1 N–H and O–H groups in total. The van der Waals surface area contributed by atoms with Crippen molar-refractivity contribution in [2.24, 2.45) is 0 Å². The van der Waals surface area contributed by atoms with Gasteiger partial charge in [-0.1, -0.05) is 30.3 Å². The van der Waals surface area contributed by atoms with Crippen molar-refractivity contribution >= 4 is 17.4 Å². The van der Waals surface area contributed by atoms with E-state index in [-0.39, 0.29) is 17.9 Å². The van der Waals surface area contributed by atoms with Crippen LogP contribution in [-0.4, -0.2) is 42.0 Å². The molecular formula is C29H29NO6. The van der Waals surface area contributed by atoms with Gasteiger partial charge in [-0.3, -0.25) is 9.59 Å². The molecule has 7 nitrogen and oxygen atoms in total. The first kappa shape index (κ1) is 24.9. The molecular weight excluding hydrogens is 458 g/mol. The van der Waals surface area contributed by atoms with Gasteiger partial charge in [0, 0.05) is 11.1 Å². The number of ketones is 1. The van der Waals surface area contributed by atoms with Crippen LogP contribution in [0.3, 0.4) is 0 Å². The molecule has 3 aromatic carbocycles. The maximum atomic E-state index is 13.3. The largest absolute Gasteiger partial charge is 0.507 e. The Morgan fingerprint density at radius 2 is 1.44 bits per heavy atom. The van der Waals surface area contributed by atoms with Crippen LogP contribution >= 0.6 is 0 Å². The van der Waals surface area contributed by atoms with E-state index in [9.17, 15) is 14.7 Å². The van der Waals surface area contributed by atoms with Gasteiger partial charge in [-0.15, -0.1) is 0 Å². The molecule has 3 aromatic rings. The molecule has 186 valence electrons. The maximum Gasteiger partial charge on any atom is 0.295 e. The van der Waals surface area contributed by atoms with Crippen molar-refractivity contribution < 1.29 is 28.9 Å². The smallest absolute Gasteiger partial charge is 0.295 e. The number of Topliss-reactive ketones (excluding diaryl/α,β-unsaturated/α-hetero) is 1. The van der Waals surface area contributed by atoms with Crippen LogP contribution in [0.5, 0.6) is 17.2 Å². The van der Waals surface area contributed by atoms with E-state index in [1.807, 2.05) is 44.2 Å². The zero-order chi connectivity index (χ0) is 25.7. The fraction of sp³-hybridized carbons (Fsp3) is 0.241. The minimum absolute atomic E-state index is 0.0308. The van der Waals surface area contributed by atoms with Crippen LogP contribution in [0.1, 0.15) is 36.6 Å². The lowest BCUT2D eigenvalue weighted by Crippen LogP contribution is -2.29. The van der Waals surface area contributed by atoms with Gasteiger partial charge in [0.1, 0.15) is 23.0 Å². The Kier molecular flexibility index (Phi) is 7.59. The Hall–Kier alpha value is -4.26. The zero-order valence-corrected chi connectivity index (χ0v) is 20.6. The molecule has 0 spiro atoms. The van der Waals surface area contributed by atoms with Crippen LogP contribution in [0.15, 0.2) is 78.4 Å². The summed E-state index contributed by atoms with van der Waals surface area (Å²) in [5.74, 6) is 0.264. The van der Waals surface area contributed by atoms with E-state index in [1.165, 1.54) is 4.90 Å². The van der Waals surface area contributed by atoms with E-state index in [0.717, 1.165) is 5.56 Å². The molecule has 0 bridgehead atoms. The average molecular weight is 488 g/mol. The second-order valence-corrected chi connectivity index (χ2v) is 8.20. The van der Waals surface area contributed by atoms with E-state index in [4.69, 9.17) is 14.2 Å². The third-order valence-corrected chi connectivity index (χ3v) is 6.02. The highest BCUT2D eigenvalue weighted by atomic mass is 16.5. The standard InChI is InChI=1S/C29H29NO6/c1-4-35-22-14-10-19(11-15-22)26-25(27(31)20-12-16-23(17-13-20)36-5-2)28(32)29(33)30(26)18-21-8-6-7-9-24(21)34-3/h6-17,26,31H,4-5,18H2,1-3H3/b27-25+. The molecule has 0 aliphatic carbocycles. The number of benzene rings is 3. The van der Waals surface area contributed by atoms with Gasteiger partial charge < -0.3 is 24.2 Å². The highest BCUT2D eigenvalue weighted by molar-refractivity contribution is 6.46. The monoisotopic (exact) mass is 487 g/mol. The first-order valence-electron chi connectivity index (χ1n) is 11.8. The molecule has 0 radical (unpaired) electrons. The molecule has 1 unspecified atom stereocenters. The number of carbonyl (C=O) groups is 2. The maximum absolute atomic E-state index is 13.3. The third kappa shape index (κ3) is 4.91. The number of hydrogen-bond acceptors (Lipinski definition) is 6. The van der Waals surface area contributed by atoms with Crippen molar-refractivity contribution in [3.63, 3.8) is 0 Å². The number of rotatable bonds is 9. The summed E-state index contributed by atoms with van der Waals surface area (Å²) < 4.78 is 16.5. The van der Waals surface area contributed by atoms with Crippen LogP contribution in [0.2, 0.25) is 0 Å². The lowest BCUT2D eigenvalue weighted by atomic mass is 9.95. The molecule has 0 aromatic heterocycles. The van der Waals surface area contributed by atoms with Gasteiger partial charge in [-0.05, 0) is 61.9 Å². The Morgan fingerprint density at radius 3 is 2.03 bits per heavy atom. The average Bonchev–Trinajstić information content (AvgIpc) is 3.15. The summed E-state index contributed by atoms with van der Waals surface area (Å²) in [7, 11) is 1.56. The minimum Gasteiger partial charge on any atom is -0.507 e. The fourth-order valence-corrected chi connectivity index (χ4v) is 4.35. The van der Waals surface area contributed by atoms with E-state index in [0.29, 0.717) is 41.6 Å². The van der Waals surface area contributed by atoms with Crippen molar-refractivity contribution in [2.75, 3.05) is 20.3 Å². The summed E-state index contributed by atoms with van der Waals surface area (Å²) in [4.78, 5) is 28.1. The first-order valence-corrected chi connectivity index (χ1v) is 11.8. The molecule has 1 aliphatic heterocycles. The van der Waals surface area contributed by atoms with Gasteiger partial charge >= 0.3 is 0 Å². The van der Waals surface area contributed by atoms with Crippen LogP contribution in [0, 0.1) is 0 Å². The normalized spacial score (nSPS) is 16.8. The van der Waals surface area contributed by atoms with Crippen LogP contribution < -0.4 is 14.2 Å². The molecule has 1 atom stereocenters. The van der Waals surface area contributed by atoms with Crippen molar-refractivity contribution in [2.45, 2.75) is 26.4 Å². The Bertz CT molecular complexity index is 1260. The van der Waals surface area contributed by atoms with E-state index >= 15 is 0 Å². The van der Waals surface area contributed by atoms with Crippen molar-refractivity contribution in [1.82, 2.24) is 4.90 Å². The lowest BCUT2D eigenvalue weighted by Gasteiger charge is -2.26. The number of hydrogen-bond donors (Lipinski definition) is 1. The van der Waals surface area contributed by atoms with Gasteiger partial charge in [0.25, 0.3) is 11.7 Å². The minimum atomic E-state index is -0.794. The highest BCUT2D eigenvalue weighted by Crippen LogP contribution is 2.41. The number of likely N-dealkylation sites (tertiary alicyclic amines) is 1. The third-order valence-electron chi connectivity index (χ3n) is 6.02. The summed E-state index contributed by atoms with van der Waals surface area (Å²) in [6.07, 6.45) is 0. The number of carbonyl (C=O) groups excluding carboxylic acids is 2.